The molecular formula is C16H18N6O2. The number of hydrogen-bond acceptors (Lipinski definition) is 5. The third-order valence-electron chi connectivity index (χ3n) is 4.28. The van der Waals surface area contributed by atoms with Gasteiger partial charge in [-0.15, -0.1) is 5.10 Å². The molecule has 1 atom stereocenters. The third-order valence-corrected chi connectivity index (χ3v) is 4.28. The van der Waals surface area contributed by atoms with Crippen molar-refractivity contribution >= 4 is 17.2 Å². The fourth-order valence-electron chi connectivity index (χ4n) is 2.98. The monoisotopic (exact) mass is 326 g/mol. The summed E-state index contributed by atoms with van der Waals surface area (Å²) in [7, 11) is 1.82. The Kier molecular flexibility index (Phi) is 3.73. The summed E-state index contributed by atoms with van der Waals surface area (Å²) >= 11 is 0. The SMILES string of the molecule is Cn1nc(C2CCCOC2)cc1NC(=O)c1cccc2cnnn12. The van der Waals surface area contributed by atoms with E-state index in [1.807, 2.05) is 25.2 Å². The first-order valence-corrected chi connectivity index (χ1v) is 7.95. The van der Waals surface area contributed by atoms with Crippen LogP contribution in [0.5, 0.6) is 0 Å². The molecule has 24 heavy (non-hydrogen) atoms. The van der Waals surface area contributed by atoms with Gasteiger partial charge in [-0.1, -0.05) is 11.3 Å². The molecule has 0 saturated carbocycles. The number of amides is 1. The fraction of sp³-hybridized carbons (Fsp3) is 0.375. The number of nitrogens with zero attached hydrogens (tertiary/aromatic N) is 5. The highest BCUT2D eigenvalue weighted by Gasteiger charge is 2.21. The number of nitrogens with one attached hydrogen (secondary N) is 1. The van der Waals surface area contributed by atoms with Crippen molar-refractivity contribution in [3.8, 4) is 0 Å². The van der Waals surface area contributed by atoms with Crippen molar-refractivity contribution < 1.29 is 9.53 Å². The maximum Gasteiger partial charge on any atom is 0.275 e. The maximum atomic E-state index is 12.6. The molecule has 1 aliphatic rings. The van der Waals surface area contributed by atoms with Crippen LogP contribution < -0.4 is 5.32 Å². The fourth-order valence-corrected chi connectivity index (χ4v) is 2.98. The Morgan fingerprint density at radius 1 is 1.42 bits per heavy atom. The highest BCUT2D eigenvalue weighted by atomic mass is 16.5. The van der Waals surface area contributed by atoms with E-state index in [0.29, 0.717) is 18.1 Å². The summed E-state index contributed by atoms with van der Waals surface area (Å²) in [5.74, 6) is 0.688. The van der Waals surface area contributed by atoms with E-state index in [0.717, 1.165) is 30.7 Å². The molecule has 3 aromatic rings. The van der Waals surface area contributed by atoms with Crippen LogP contribution in [0.3, 0.4) is 0 Å². The van der Waals surface area contributed by atoms with E-state index in [1.165, 1.54) is 4.52 Å². The number of carbonyl (C=O) groups excluding carboxylic acids is 1. The van der Waals surface area contributed by atoms with Crippen LogP contribution in [0.1, 0.15) is 34.9 Å². The first-order chi connectivity index (χ1) is 11.7. The number of carbonyl (C=O) groups is 1. The predicted molar refractivity (Wildman–Crippen MR) is 86.9 cm³/mol. The van der Waals surface area contributed by atoms with E-state index < -0.39 is 0 Å². The summed E-state index contributed by atoms with van der Waals surface area (Å²) in [5, 5.41) is 15.2. The topological polar surface area (TPSA) is 86.3 Å². The van der Waals surface area contributed by atoms with E-state index in [2.05, 4.69) is 20.7 Å². The van der Waals surface area contributed by atoms with Gasteiger partial charge in [0.25, 0.3) is 5.91 Å². The summed E-state index contributed by atoms with van der Waals surface area (Å²) in [6.45, 7) is 1.50. The molecular weight excluding hydrogens is 308 g/mol. The molecule has 0 aromatic carbocycles. The molecule has 4 heterocycles. The van der Waals surface area contributed by atoms with Gasteiger partial charge in [0, 0.05) is 25.6 Å². The second kappa shape index (κ2) is 6.04. The summed E-state index contributed by atoms with van der Waals surface area (Å²) in [6, 6.07) is 7.28. The number of hydrogen-bond donors (Lipinski definition) is 1. The van der Waals surface area contributed by atoms with Gasteiger partial charge in [0.1, 0.15) is 11.5 Å². The number of aromatic nitrogens is 5. The summed E-state index contributed by atoms with van der Waals surface area (Å²) in [6.07, 6.45) is 3.71. The lowest BCUT2D eigenvalue weighted by molar-refractivity contribution is 0.0791. The molecule has 1 fully saturated rings. The van der Waals surface area contributed by atoms with Gasteiger partial charge in [0.15, 0.2) is 0 Å². The average Bonchev–Trinajstić information content (AvgIpc) is 3.22. The van der Waals surface area contributed by atoms with Crippen LogP contribution in [0.2, 0.25) is 0 Å². The molecule has 0 bridgehead atoms. The second-order valence-corrected chi connectivity index (χ2v) is 5.93. The lowest BCUT2D eigenvalue weighted by atomic mass is 9.99. The van der Waals surface area contributed by atoms with Crippen LogP contribution in [0.15, 0.2) is 30.5 Å². The first kappa shape index (κ1) is 14.8. The first-order valence-electron chi connectivity index (χ1n) is 7.95. The van der Waals surface area contributed by atoms with E-state index in [1.54, 1.807) is 16.9 Å². The number of anilines is 1. The predicted octanol–water partition coefficient (Wildman–Crippen LogP) is 1.61. The molecule has 124 valence electrons. The molecule has 0 spiro atoms. The van der Waals surface area contributed by atoms with Gasteiger partial charge >= 0.3 is 0 Å². The molecule has 8 heteroatoms. The highest BCUT2D eigenvalue weighted by Crippen LogP contribution is 2.26. The number of aryl methyl sites for hydroxylation is 1. The van der Waals surface area contributed by atoms with Crippen molar-refractivity contribution in [3.05, 3.63) is 41.9 Å². The normalized spacial score (nSPS) is 18.0. The summed E-state index contributed by atoms with van der Waals surface area (Å²) in [5.41, 5.74) is 2.15. The van der Waals surface area contributed by atoms with Gasteiger partial charge < -0.3 is 10.1 Å². The van der Waals surface area contributed by atoms with E-state index >= 15 is 0 Å². The van der Waals surface area contributed by atoms with Gasteiger partial charge in [0.2, 0.25) is 0 Å². The van der Waals surface area contributed by atoms with E-state index in [4.69, 9.17) is 4.74 Å². The molecule has 1 saturated heterocycles. The average molecular weight is 326 g/mol. The Bertz CT molecular complexity index is 878. The third kappa shape index (κ3) is 2.65. The largest absolute Gasteiger partial charge is 0.381 e. The Hall–Kier alpha value is -2.74. The van der Waals surface area contributed by atoms with Crippen molar-refractivity contribution in [2.75, 3.05) is 18.5 Å². The summed E-state index contributed by atoms with van der Waals surface area (Å²) in [4.78, 5) is 12.6. The van der Waals surface area contributed by atoms with Crippen molar-refractivity contribution in [1.29, 1.82) is 0 Å². The number of pyridine rings is 1. The second-order valence-electron chi connectivity index (χ2n) is 5.93. The molecule has 1 aliphatic heterocycles. The van der Waals surface area contributed by atoms with E-state index in [9.17, 15) is 4.79 Å². The van der Waals surface area contributed by atoms with Gasteiger partial charge in [-0.25, -0.2) is 4.52 Å². The van der Waals surface area contributed by atoms with Gasteiger partial charge in [-0.05, 0) is 25.0 Å². The zero-order valence-corrected chi connectivity index (χ0v) is 13.3. The molecule has 1 N–H and O–H groups in total. The van der Waals surface area contributed by atoms with Gasteiger partial charge in [-0.2, -0.15) is 5.10 Å². The number of fused-ring (bicyclic) bond motifs is 1. The molecule has 1 unspecified atom stereocenters. The lowest BCUT2D eigenvalue weighted by Gasteiger charge is -2.19. The van der Waals surface area contributed by atoms with E-state index in [-0.39, 0.29) is 11.8 Å². The summed E-state index contributed by atoms with van der Waals surface area (Å²) < 4.78 is 8.72. The Morgan fingerprint density at radius 3 is 3.17 bits per heavy atom. The van der Waals surface area contributed by atoms with Crippen molar-refractivity contribution in [2.45, 2.75) is 18.8 Å². The van der Waals surface area contributed by atoms with Gasteiger partial charge in [0.05, 0.1) is 24.0 Å². The minimum absolute atomic E-state index is 0.249. The Balaban J connectivity index is 1.57. The standard InChI is InChI=1S/C16H18N6O2/c1-21-15(8-13(19-21)11-4-3-7-24-10-11)18-16(23)14-6-2-5-12-9-17-20-22(12)14/h2,5-6,8-9,11H,3-4,7,10H2,1H3,(H,18,23). The smallest absolute Gasteiger partial charge is 0.275 e. The van der Waals surface area contributed by atoms with Crippen molar-refractivity contribution in [1.82, 2.24) is 24.6 Å². The van der Waals surface area contributed by atoms with Gasteiger partial charge in [-0.3, -0.25) is 9.48 Å². The molecule has 8 nitrogen and oxygen atoms in total. The minimum atomic E-state index is -0.249. The number of ether oxygens (including phenoxy) is 1. The van der Waals surface area contributed by atoms with Crippen LogP contribution in [-0.4, -0.2) is 43.7 Å². The lowest BCUT2D eigenvalue weighted by Crippen LogP contribution is -2.18. The zero-order valence-electron chi connectivity index (χ0n) is 13.3. The highest BCUT2D eigenvalue weighted by molar-refractivity contribution is 6.03. The molecule has 0 aliphatic carbocycles. The van der Waals surface area contributed by atoms with Crippen molar-refractivity contribution in [2.24, 2.45) is 7.05 Å². The van der Waals surface area contributed by atoms with Crippen LogP contribution >= 0.6 is 0 Å². The van der Waals surface area contributed by atoms with Crippen LogP contribution in [0.4, 0.5) is 5.82 Å². The quantitative estimate of drug-likeness (QED) is 0.790. The number of rotatable bonds is 3. The van der Waals surface area contributed by atoms with Crippen molar-refractivity contribution in [3.63, 3.8) is 0 Å². The minimum Gasteiger partial charge on any atom is -0.381 e. The van der Waals surface area contributed by atoms with Crippen LogP contribution in [0.25, 0.3) is 5.52 Å². The molecule has 4 rings (SSSR count). The Morgan fingerprint density at radius 2 is 2.33 bits per heavy atom. The van der Waals surface area contributed by atoms with Crippen LogP contribution in [0, 0.1) is 0 Å². The zero-order chi connectivity index (χ0) is 16.5. The molecule has 3 aromatic heterocycles. The molecule has 0 radical (unpaired) electrons. The maximum absolute atomic E-state index is 12.6. The van der Waals surface area contributed by atoms with Crippen LogP contribution in [-0.2, 0) is 11.8 Å². The Labute approximate surface area is 138 Å². The molecule has 1 amide bonds.